The van der Waals surface area contributed by atoms with Crippen molar-refractivity contribution in [3.8, 4) is 0 Å². The van der Waals surface area contributed by atoms with E-state index in [1.165, 1.54) is 0 Å². The fraction of sp³-hybridized carbons (Fsp3) is 0.909. The summed E-state index contributed by atoms with van der Waals surface area (Å²) in [5.74, 6) is 0.0992. The SMILES string of the molecule is CCCC(=O)NCCCCCCOP(=O)(O)OC. The first-order valence-corrected chi connectivity index (χ1v) is 7.81. The molecule has 0 spiro atoms. The molecule has 7 heteroatoms. The van der Waals surface area contributed by atoms with Crippen molar-refractivity contribution < 1.29 is 23.3 Å². The van der Waals surface area contributed by atoms with E-state index in [0.717, 1.165) is 32.8 Å². The second-order valence-electron chi connectivity index (χ2n) is 4.00. The number of nitrogens with one attached hydrogen (secondary N) is 1. The largest absolute Gasteiger partial charge is 0.471 e. The van der Waals surface area contributed by atoms with Crippen LogP contribution in [0, 0.1) is 0 Å². The summed E-state index contributed by atoms with van der Waals surface area (Å²) in [5, 5.41) is 2.83. The first kappa shape index (κ1) is 17.6. The lowest BCUT2D eigenvalue weighted by molar-refractivity contribution is -0.121. The molecule has 0 rings (SSSR count). The lowest BCUT2D eigenvalue weighted by atomic mass is 10.2. The monoisotopic (exact) mass is 281 g/mol. The molecule has 0 aromatic heterocycles. The Morgan fingerprint density at radius 3 is 2.56 bits per heavy atom. The van der Waals surface area contributed by atoms with Crippen LogP contribution >= 0.6 is 7.82 Å². The molecule has 0 aliphatic carbocycles. The van der Waals surface area contributed by atoms with Crippen LogP contribution in [0.2, 0.25) is 0 Å². The van der Waals surface area contributed by atoms with E-state index in [-0.39, 0.29) is 12.5 Å². The van der Waals surface area contributed by atoms with Gasteiger partial charge < -0.3 is 10.2 Å². The van der Waals surface area contributed by atoms with Gasteiger partial charge in [-0.2, -0.15) is 0 Å². The average molecular weight is 281 g/mol. The van der Waals surface area contributed by atoms with Crippen LogP contribution in [0.3, 0.4) is 0 Å². The van der Waals surface area contributed by atoms with E-state index in [1.54, 1.807) is 0 Å². The summed E-state index contributed by atoms with van der Waals surface area (Å²) in [6, 6.07) is 0. The van der Waals surface area contributed by atoms with Gasteiger partial charge in [0.25, 0.3) is 0 Å². The number of amides is 1. The van der Waals surface area contributed by atoms with Crippen LogP contribution in [0.5, 0.6) is 0 Å². The molecule has 108 valence electrons. The van der Waals surface area contributed by atoms with Crippen LogP contribution in [-0.4, -0.2) is 31.1 Å². The molecule has 1 unspecified atom stereocenters. The predicted molar refractivity (Wildman–Crippen MR) is 69.2 cm³/mol. The quantitative estimate of drug-likeness (QED) is 0.448. The molecule has 0 aromatic rings. The first-order valence-electron chi connectivity index (χ1n) is 6.31. The van der Waals surface area contributed by atoms with Crippen molar-refractivity contribution in [2.24, 2.45) is 0 Å². The summed E-state index contributed by atoms with van der Waals surface area (Å²) in [6.07, 6.45) is 4.92. The minimum absolute atomic E-state index is 0.0992. The maximum atomic E-state index is 11.1. The molecule has 0 aliphatic heterocycles. The van der Waals surface area contributed by atoms with Crippen molar-refractivity contribution in [1.82, 2.24) is 5.32 Å². The highest BCUT2D eigenvalue weighted by Crippen LogP contribution is 2.41. The summed E-state index contributed by atoms with van der Waals surface area (Å²) in [6.45, 7) is 2.87. The van der Waals surface area contributed by atoms with Gasteiger partial charge in [-0.15, -0.1) is 0 Å². The number of unbranched alkanes of at least 4 members (excludes halogenated alkanes) is 3. The zero-order valence-corrected chi connectivity index (χ0v) is 12.1. The molecular formula is C11H24NO5P. The second kappa shape index (κ2) is 10.5. The van der Waals surface area contributed by atoms with E-state index < -0.39 is 7.82 Å². The predicted octanol–water partition coefficient (Wildman–Crippen LogP) is 2.23. The average Bonchev–Trinajstić information content (AvgIpc) is 2.33. The van der Waals surface area contributed by atoms with Crippen molar-refractivity contribution >= 4 is 13.7 Å². The fourth-order valence-corrected chi connectivity index (χ4v) is 1.82. The molecule has 0 heterocycles. The van der Waals surface area contributed by atoms with Crippen LogP contribution in [0.15, 0.2) is 0 Å². The molecule has 0 aromatic carbocycles. The Morgan fingerprint density at radius 1 is 1.28 bits per heavy atom. The summed E-state index contributed by atoms with van der Waals surface area (Å²) in [4.78, 5) is 20.1. The van der Waals surface area contributed by atoms with E-state index >= 15 is 0 Å². The molecule has 2 N–H and O–H groups in total. The number of carbonyl (C=O) groups is 1. The Bertz CT molecular complexity index is 272. The smallest absolute Gasteiger partial charge is 0.356 e. The third-order valence-electron chi connectivity index (χ3n) is 2.36. The standard InChI is InChI=1S/C11H24NO5P/c1-3-8-11(13)12-9-6-4-5-7-10-17-18(14,15)16-2/h3-10H2,1-2H3,(H,12,13)(H,14,15). The number of hydrogen-bond acceptors (Lipinski definition) is 4. The third kappa shape index (κ3) is 10.7. The van der Waals surface area contributed by atoms with Crippen molar-refractivity contribution in [2.45, 2.75) is 45.4 Å². The van der Waals surface area contributed by atoms with Gasteiger partial charge in [0.1, 0.15) is 0 Å². The van der Waals surface area contributed by atoms with Crippen molar-refractivity contribution in [3.63, 3.8) is 0 Å². The molecule has 0 bridgehead atoms. The summed E-state index contributed by atoms with van der Waals surface area (Å²) < 4.78 is 19.9. The minimum atomic E-state index is -3.81. The van der Waals surface area contributed by atoms with Crippen LogP contribution < -0.4 is 5.32 Å². The van der Waals surface area contributed by atoms with Crippen molar-refractivity contribution in [3.05, 3.63) is 0 Å². The van der Waals surface area contributed by atoms with Gasteiger partial charge in [0.15, 0.2) is 0 Å². The topological polar surface area (TPSA) is 84.9 Å². The van der Waals surface area contributed by atoms with Gasteiger partial charge in [0.05, 0.1) is 6.61 Å². The van der Waals surface area contributed by atoms with Gasteiger partial charge in [-0.3, -0.25) is 13.8 Å². The van der Waals surface area contributed by atoms with Crippen molar-refractivity contribution in [2.75, 3.05) is 20.3 Å². The first-order chi connectivity index (χ1) is 8.52. The zero-order valence-electron chi connectivity index (χ0n) is 11.2. The second-order valence-corrected chi connectivity index (χ2v) is 5.56. The Hall–Kier alpha value is -0.420. The maximum absolute atomic E-state index is 11.1. The lowest BCUT2D eigenvalue weighted by Gasteiger charge is -2.08. The lowest BCUT2D eigenvalue weighted by Crippen LogP contribution is -2.23. The van der Waals surface area contributed by atoms with Crippen LogP contribution in [0.1, 0.15) is 45.4 Å². The molecule has 18 heavy (non-hydrogen) atoms. The third-order valence-corrected chi connectivity index (χ3v) is 3.33. The number of hydrogen-bond donors (Lipinski definition) is 2. The molecule has 0 fully saturated rings. The molecule has 1 atom stereocenters. The van der Waals surface area contributed by atoms with Crippen LogP contribution in [-0.2, 0) is 18.4 Å². The highest BCUT2D eigenvalue weighted by atomic mass is 31.2. The Balaban J connectivity index is 3.27. The molecule has 1 amide bonds. The number of phosphoric ester groups is 1. The molecule has 0 saturated carbocycles. The molecule has 0 saturated heterocycles. The van der Waals surface area contributed by atoms with Gasteiger partial charge >= 0.3 is 7.82 Å². The Morgan fingerprint density at radius 2 is 1.94 bits per heavy atom. The van der Waals surface area contributed by atoms with E-state index in [1.807, 2.05) is 6.92 Å². The van der Waals surface area contributed by atoms with E-state index in [4.69, 9.17) is 4.89 Å². The number of rotatable bonds is 11. The van der Waals surface area contributed by atoms with Gasteiger partial charge in [0, 0.05) is 20.1 Å². The summed E-state index contributed by atoms with van der Waals surface area (Å²) in [7, 11) is -2.67. The van der Waals surface area contributed by atoms with Gasteiger partial charge in [-0.05, 0) is 19.3 Å². The van der Waals surface area contributed by atoms with Crippen LogP contribution in [0.4, 0.5) is 0 Å². The van der Waals surface area contributed by atoms with Gasteiger partial charge in [0.2, 0.25) is 5.91 Å². The number of phosphoric acid groups is 1. The summed E-state index contributed by atoms with van der Waals surface area (Å²) in [5.41, 5.74) is 0. The fourth-order valence-electron chi connectivity index (χ4n) is 1.36. The van der Waals surface area contributed by atoms with E-state index in [0.29, 0.717) is 19.4 Å². The molecule has 0 aliphatic rings. The highest BCUT2D eigenvalue weighted by molar-refractivity contribution is 7.47. The van der Waals surface area contributed by atoms with E-state index in [2.05, 4.69) is 14.4 Å². The highest BCUT2D eigenvalue weighted by Gasteiger charge is 2.17. The molecular weight excluding hydrogens is 257 g/mol. The normalized spacial score (nSPS) is 14.2. The van der Waals surface area contributed by atoms with E-state index in [9.17, 15) is 9.36 Å². The summed E-state index contributed by atoms with van der Waals surface area (Å²) >= 11 is 0. The maximum Gasteiger partial charge on any atom is 0.471 e. The Labute approximate surface area is 109 Å². The minimum Gasteiger partial charge on any atom is -0.356 e. The number of carbonyl (C=O) groups excluding carboxylic acids is 1. The van der Waals surface area contributed by atoms with Crippen LogP contribution in [0.25, 0.3) is 0 Å². The van der Waals surface area contributed by atoms with Gasteiger partial charge in [-0.1, -0.05) is 19.8 Å². The molecule has 6 nitrogen and oxygen atoms in total. The molecule has 0 radical (unpaired) electrons. The van der Waals surface area contributed by atoms with Gasteiger partial charge in [-0.25, -0.2) is 4.57 Å². The van der Waals surface area contributed by atoms with Crippen molar-refractivity contribution in [1.29, 1.82) is 0 Å². The zero-order chi connectivity index (χ0) is 13.9. The Kier molecular flexibility index (Phi) is 10.3.